The summed E-state index contributed by atoms with van der Waals surface area (Å²) in [6.45, 7) is 6.37. The van der Waals surface area contributed by atoms with Crippen LogP contribution in [0.4, 0.5) is 5.69 Å². The first-order chi connectivity index (χ1) is 10.0. The van der Waals surface area contributed by atoms with E-state index in [1.807, 2.05) is 51.1 Å². The standard InChI is InChI=1S/C15H19N3O2S/c1-10(2)19-14-6-4-12(5-7-14)17-15(21)16-9-13-8-11(3)20-18-13/h4-8,10H,9H2,1-3H3,(H2,16,17,21). The Morgan fingerprint density at radius 2 is 2.05 bits per heavy atom. The van der Waals surface area contributed by atoms with E-state index in [0.29, 0.717) is 11.7 Å². The molecule has 112 valence electrons. The van der Waals surface area contributed by atoms with E-state index in [1.54, 1.807) is 0 Å². The molecule has 0 aliphatic carbocycles. The number of ether oxygens (including phenoxy) is 1. The second kappa shape index (κ2) is 7.08. The number of thiocarbonyl (C=S) groups is 1. The number of aromatic nitrogens is 1. The molecular formula is C15H19N3O2S. The fraction of sp³-hybridized carbons (Fsp3) is 0.333. The summed E-state index contributed by atoms with van der Waals surface area (Å²) in [5.41, 5.74) is 1.72. The molecule has 0 unspecified atom stereocenters. The number of hydrogen-bond donors (Lipinski definition) is 2. The van der Waals surface area contributed by atoms with Crippen molar-refractivity contribution >= 4 is 23.0 Å². The first kappa shape index (κ1) is 15.3. The van der Waals surface area contributed by atoms with E-state index in [-0.39, 0.29) is 6.10 Å². The molecule has 1 aromatic heterocycles. The van der Waals surface area contributed by atoms with Gasteiger partial charge < -0.3 is 19.9 Å². The summed E-state index contributed by atoms with van der Waals surface area (Å²) in [4.78, 5) is 0. The maximum absolute atomic E-state index is 5.59. The summed E-state index contributed by atoms with van der Waals surface area (Å²) in [5.74, 6) is 1.62. The summed E-state index contributed by atoms with van der Waals surface area (Å²) in [6, 6.07) is 9.53. The molecule has 0 fully saturated rings. The third kappa shape index (κ3) is 5.07. The molecule has 0 bridgehead atoms. The summed E-state index contributed by atoms with van der Waals surface area (Å²) >= 11 is 5.23. The van der Waals surface area contributed by atoms with E-state index in [4.69, 9.17) is 21.5 Å². The Morgan fingerprint density at radius 1 is 1.33 bits per heavy atom. The SMILES string of the molecule is Cc1cc(CNC(=S)Nc2ccc(OC(C)C)cc2)no1. The molecule has 0 radical (unpaired) electrons. The van der Waals surface area contributed by atoms with Gasteiger partial charge >= 0.3 is 0 Å². The summed E-state index contributed by atoms with van der Waals surface area (Å²) < 4.78 is 10.6. The summed E-state index contributed by atoms with van der Waals surface area (Å²) in [5, 5.41) is 10.6. The number of nitrogens with one attached hydrogen (secondary N) is 2. The van der Waals surface area contributed by atoms with Crippen molar-refractivity contribution in [2.24, 2.45) is 0 Å². The Labute approximate surface area is 129 Å². The fourth-order valence-electron chi connectivity index (χ4n) is 1.74. The van der Waals surface area contributed by atoms with Gasteiger partial charge in [0.05, 0.1) is 12.6 Å². The number of rotatable bonds is 5. The molecular weight excluding hydrogens is 286 g/mol. The van der Waals surface area contributed by atoms with Crippen molar-refractivity contribution in [2.45, 2.75) is 33.4 Å². The van der Waals surface area contributed by atoms with Crippen molar-refractivity contribution in [3.8, 4) is 5.75 Å². The zero-order valence-corrected chi connectivity index (χ0v) is 13.2. The Balaban J connectivity index is 1.82. The third-order valence-corrected chi connectivity index (χ3v) is 2.84. The van der Waals surface area contributed by atoms with Crippen molar-refractivity contribution in [3.63, 3.8) is 0 Å². The fourth-order valence-corrected chi connectivity index (χ4v) is 1.93. The van der Waals surface area contributed by atoms with Gasteiger partial charge in [-0.2, -0.15) is 0 Å². The molecule has 0 atom stereocenters. The van der Waals surface area contributed by atoms with E-state index in [9.17, 15) is 0 Å². The van der Waals surface area contributed by atoms with Crippen LogP contribution in [0, 0.1) is 6.92 Å². The molecule has 0 aliphatic rings. The van der Waals surface area contributed by atoms with Crippen LogP contribution in [0.5, 0.6) is 5.75 Å². The Hall–Kier alpha value is -2.08. The Morgan fingerprint density at radius 3 is 2.62 bits per heavy atom. The number of aryl methyl sites for hydroxylation is 1. The van der Waals surface area contributed by atoms with Gasteiger partial charge in [0.1, 0.15) is 17.2 Å². The van der Waals surface area contributed by atoms with Gasteiger partial charge in [-0.3, -0.25) is 0 Å². The first-order valence-corrected chi connectivity index (χ1v) is 7.17. The molecule has 0 amide bonds. The molecule has 5 nitrogen and oxygen atoms in total. The first-order valence-electron chi connectivity index (χ1n) is 6.76. The second-order valence-electron chi connectivity index (χ2n) is 4.93. The van der Waals surface area contributed by atoms with Crippen molar-refractivity contribution in [3.05, 3.63) is 41.8 Å². The lowest BCUT2D eigenvalue weighted by atomic mass is 10.3. The van der Waals surface area contributed by atoms with Crippen LogP contribution < -0.4 is 15.4 Å². The highest BCUT2D eigenvalue weighted by molar-refractivity contribution is 7.80. The normalized spacial score (nSPS) is 10.5. The van der Waals surface area contributed by atoms with E-state index in [2.05, 4.69) is 15.8 Å². The van der Waals surface area contributed by atoms with E-state index in [0.717, 1.165) is 22.9 Å². The van der Waals surface area contributed by atoms with Crippen LogP contribution in [0.3, 0.4) is 0 Å². The monoisotopic (exact) mass is 305 g/mol. The highest BCUT2D eigenvalue weighted by Gasteiger charge is 2.03. The molecule has 1 aromatic carbocycles. The highest BCUT2D eigenvalue weighted by Crippen LogP contribution is 2.16. The number of benzene rings is 1. The van der Waals surface area contributed by atoms with Gasteiger partial charge in [0, 0.05) is 11.8 Å². The topological polar surface area (TPSA) is 59.3 Å². The van der Waals surface area contributed by atoms with Gasteiger partial charge in [0.15, 0.2) is 5.11 Å². The van der Waals surface area contributed by atoms with Crippen LogP contribution in [0.15, 0.2) is 34.9 Å². The van der Waals surface area contributed by atoms with Gasteiger partial charge in [0.2, 0.25) is 0 Å². The van der Waals surface area contributed by atoms with Gasteiger partial charge in [-0.1, -0.05) is 5.16 Å². The van der Waals surface area contributed by atoms with Crippen molar-refractivity contribution in [1.29, 1.82) is 0 Å². The Kier molecular flexibility index (Phi) is 5.16. The molecule has 6 heteroatoms. The third-order valence-electron chi connectivity index (χ3n) is 2.59. The molecule has 2 aromatic rings. The molecule has 1 heterocycles. The van der Waals surface area contributed by atoms with Gasteiger partial charge in [-0.15, -0.1) is 0 Å². The van der Waals surface area contributed by atoms with Crippen LogP contribution in [-0.4, -0.2) is 16.4 Å². The lowest BCUT2D eigenvalue weighted by Gasteiger charge is -2.12. The van der Waals surface area contributed by atoms with Crippen LogP contribution in [0.1, 0.15) is 25.3 Å². The molecule has 0 saturated heterocycles. The molecule has 0 saturated carbocycles. The molecule has 0 spiro atoms. The zero-order chi connectivity index (χ0) is 15.2. The zero-order valence-electron chi connectivity index (χ0n) is 12.3. The van der Waals surface area contributed by atoms with Crippen LogP contribution >= 0.6 is 12.2 Å². The average Bonchev–Trinajstić information content (AvgIpc) is 2.84. The van der Waals surface area contributed by atoms with Crippen LogP contribution in [0.2, 0.25) is 0 Å². The van der Waals surface area contributed by atoms with Gasteiger partial charge in [-0.25, -0.2) is 0 Å². The van der Waals surface area contributed by atoms with Crippen molar-refractivity contribution in [1.82, 2.24) is 10.5 Å². The van der Waals surface area contributed by atoms with Crippen molar-refractivity contribution in [2.75, 3.05) is 5.32 Å². The predicted octanol–water partition coefficient (Wildman–Crippen LogP) is 3.26. The number of hydrogen-bond acceptors (Lipinski definition) is 4. The van der Waals surface area contributed by atoms with E-state index < -0.39 is 0 Å². The minimum Gasteiger partial charge on any atom is -0.491 e. The van der Waals surface area contributed by atoms with E-state index >= 15 is 0 Å². The summed E-state index contributed by atoms with van der Waals surface area (Å²) in [7, 11) is 0. The minimum atomic E-state index is 0.164. The van der Waals surface area contributed by atoms with Gasteiger partial charge in [-0.05, 0) is 57.3 Å². The Bertz CT molecular complexity index is 593. The second-order valence-corrected chi connectivity index (χ2v) is 5.34. The predicted molar refractivity (Wildman–Crippen MR) is 86.5 cm³/mol. The lowest BCUT2D eigenvalue weighted by molar-refractivity contribution is 0.242. The molecule has 21 heavy (non-hydrogen) atoms. The maximum Gasteiger partial charge on any atom is 0.171 e. The van der Waals surface area contributed by atoms with Crippen LogP contribution in [0.25, 0.3) is 0 Å². The average molecular weight is 305 g/mol. The maximum atomic E-state index is 5.59. The van der Waals surface area contributed by atoms with E-state index in [1.165, 1.54) is 0 Å². The summed E-state index contributed by atoms with van der Waals surface area (Å²) in [6.07, 6.45) is 0.164. The van der Waals surface area contributed by atoms with Gasteiger partial charge in [0.25, 0.3) is 0 Å². The van der Waals surface area contributed by atoms with Crippen LogP contribution in [-0.2, 0) is 6.54 Å². The van der Waals surface area contributed by atoms with Crippen molar-refractivity contribution < 1.29 is 9.26 Å². The largest absolute Gasteiger partial charge is 0.491 e. The molecule has 0 aliphatic heterocycles. The molecule has 2 N–H and O–H groups in total. The molecule has 2 rings (SSSR count). The lowest BCUT2D eigenvalue weighted by Crippen LogP contribution is -2.27. The smallest absolute Gasteiger partial charge is 0.171 e. The number of anilines is 1. The number of nitrogens with zero attached hydrogens (tertiary/aromatic N) is 1. The minimum absolute atomic E-state index is 0.164. The quantitative estimate of drug-likeness (QED) is 0.827. The highest BCUT2D eigenvalue weighted by atomic mass is 32.1.